The van der Waals surface area contributed by atoms with Gasteiger partial charge in [0.2, 0.25) is 5.91 Å². The lowest BCUT2D eigenvalue weighted by atomic mass is 10.3. The van der Waals surface area contributed by atoms with Gasteiger partial charge in [-0.25, -0.2) is 0 Å². The number of hydrogen-bond donors (Lipinski definition) is 2. The molecule has 1 rings (SSSR count). The van der Waals surface area contributed by atoms with E-state index in [4.69, 9.17) is 5.11 Å². The van der Waals surface area contributed by atoms with Gasteiger partial charge in [0, 0.05) is 18.4 Å². The van der Waals surface area contributed by atoms with Gasteiger partial charge in [0.1, 0.15) is 0 Å². The van der Waals surface area contributed by atoms with Crippen molar-refractivity contribution in [1.82, 2.24) is 5.32 Å². The van der Waals surface area contributed by atoms with Crippen LogP contribution < -0.4 is 5.32 Å². The van der Waals surface area contributed by atoms with Crippen LogP contribution >= 0.6 is 23.5 Å². The first-order chi connectivity index (χ1) is 5.74. The number of hydrogen-bond acceptors (Lipinski definition) is 4. The van der Waals surface area contributed by atoms with Crippen LogP contribution in [0, 0.1) is 0 Å². The van der Waals surface area contributed by atoms with Crippen molar-refractivity contribution in [2.45, 2.75) is 17.5 Å². The number of nitrogens with one attached hydrogen (secondary N) is 1. The Morgan fingerprint density at radius 1 is 1.67 bits per heavy atom. The van der Waals surface area contributed by atoms with Crippen molar-refractivity contribution in [3.05, 3.63) is 0 Å². The van der Waals surface area contributed by atoms with E-state index in [9.17, 15) is 4.79 Å². The number of aliphatic hydroxyl groups is 1. The largest absolute Gasteiger partial charge is 0.394 e. The molecule has 2 N–H and O–H groups in total. The predicted octanol–water partition coefficient (Wildman–Crippen LogP) is 0.289. The number of carbonyl (C=O) groups is 1. The molecule has 0 radical (unpaired) electrons. The minimum Gasteiger partial charge on any atom is -0.394 e. The molecule has 12 heavy (non-hydrogen) atoms. The molecule has 1 heterocycles. The zero-order chi connectivity index (χ0) is 8.97. The fourth-order valence-electron chi connectivity index (χ4n) is 1.07. The first kappa shape index (κ1) is 10.2. The maximum absolute atomic E-state index is 10.7. The van der Waals surface area contributed by atoms with Crippen LogP contribution in [0.4, 0.5) is 0 Å². The van der Waals surface area contributed by atoms with Gasteiger partial charge in [0.25, 0.3) is 0 Å². The second-order valence-electron chi connectivity index (χ2n) is 2.60. The summed E-state index contributed by atoms with van der Waals surface area (Å²) >= 11 is 3.61. The topological polar surface area (TPSA) is 49.3 Å². The second-order valence-corrected chi connectivity index (χ2v) is 5.40. The highest BCUT2D eigenvalue weighted by Gasteiger charge is 2.25. The summed E-state index contributed by atoms with van der Waals surface area (Å²) < 4.78 is 0.332. The Labute approximate surface area is 80.7 Å². The van der Waals surface area contributed by atoms with Crippen LogP contribution in [0.15, 0.2) is 0 Å². The van der Waals surface area contributed by atoms with Crippen LogP contribution in [0.25, 0.3) is 0 Å². The van der Waals surface area contributed by atoms with E-state index in [1.54, 1.807) is 23.5 Å². The van der Waals surface area contributed by atoms with E-state index in [1.807, 2.05) is 0 Å². The lowest BCUT2D eigenvalue weighted by Crippen LogP contribution is -2.41. The summed E-state index contributed by atoms with van der Waals surface area (Å²) in [6, 6.07) is -0.0833. The van der Waals surface area contributed by atoms with Crippen LogP contribution in [0.5, 0.6) is 0 Å². The molecule has 0 aromatic carbocycles. The van der Waals surface area contributed by atoms with E-state index >= 15 is 0 Å². The fraction of sp³-hybridized carbons (Fsp3) is 0.857. The number of rotatable bonds is 3. The molecule has 0 spiro atoms. The van der Waals surface area contributed by atoms with Crippen LogP contribution in [-0.2, 0) is 4.79 Å². The van der Waals surface area contributed by atoms with Crippen molar-refractivity contribution in [3.8, 4) is 0 Å². The Hall–Kier alpha value is 0.130. The number of thioether (sulfide) groups is 2. The van der Waals surface area contributed by atoms with Gasteiger partial charge in [0.05, 0.1) is 17.2 Å². The molecule has 0 aromatic heterocycles. The molecule has 0 bridgehead atoms. The monoisotopic (exact) mass is 207 g/mol. The van der Waals surface area contributed by atoms with Gasteiger partial charge in [-0.3, -0.25) is 4.79 Å². The summed E-state index contributed by atoms with van der Waals surface area (Å²) in [6.45, 7) is 1.51. The molecule has 5 heteroatoms. The first-order valence-electron chi connectivity index (χ1n) is 3.85. The average Bonchev–Trinajstić information content (AvgIpc) is 2.51. The van der Waals surface area contributed by atoms with E-state index in [2.05, 4.69) is 5.32 Å². The molecule has 1 saturated heterocycles. The van der Waals surface area contributed by atoms with Gasteiger partial charge in [-0.2, -0.15) is 0 Å². The first-order valence-corrected chi connectivity index (χ1v) is 5.95. The molecular formula is C7H13NO2S2. The Balaban J connectivity index is 2.37. The zero-order valence-electron chi connectivity index (χ0n) is 6.95. The van der Waals surface area contributed by atoms with Gasteiger partial charge < -0.3 is 10.4 Å². The molecule has 1 aliphatic rings. The SMILES string of the molecule is CC(=O)NC(CO)C1SCCS1. The Bertz CT molecular complexity index is 159. The molecule has 0 aromatic rings. The van der Waals surface area contributed by atoms with Gasteiger partial charge >= 0.3 is 0 Å². The predicted molar refractivity (Wildman–Crippen MR) is 53.4 cm³/mol. The van der Waals surface area contributed by atoms with E-state index in [-0.39, 0.29) is 18.6 Å². The Morgan fingerprint density at radius 3 is 2.67 bits per heavy atom. The third-order valence-electron chi connectivity index (χ3n) is 1.56. The maximum atomic E-state index is 10.7. The zero-order valence-corrected chi connectivity index (χ0v) is 8.58. The average molecular weight is 207 g/mol. The van der Waals surface area contributed by atoms with Crippen molar-refractivity contribution in [3.63, 3.8) is 0 Å². The van der Waals surface area contributed by atoms with Gasteiger partial charge in [0.15, 0.2) is 0 Å². The lowest BCUT2D eigenvalue weighted by Gasteiger charge is -2.20. The summed E-state index contributed by atoms with van der Waals surface area (Å²) in [4.78, 5) is 10.7. The van der Waals surface area contributed by atoms with Crippen molar-refractivity contribution in [1.29, 1.82) is 0 Å². The molecule has 1 amide bonds. The van der Waals surface area contributed by atoms with Crippen molar-refractivity contribution in [2.75, 3.05) is 18.1 Å². The molecule has 1 atom stereocenters. The van der Waals surface area contributed by atoms with Crippen LogP contribution in [0.1, 0.15) is 6.92 Å². The van der Waals surface area contributed by atoms with Crippen molar-refractivity contribution >= 4 is 29.4 Å². The maximum Gasteiger partial charge on any atom is 0.217 e. The molecule has 70 valence electrons. The summed E-state index contributed by atoms with van der Waals surface area (Å²) in [7, 11) is 0. The fourth-order valence-corrected chi connectivity index (χ4v) is 4.04. The van der Waals surface area contributed by atoms with E-state index in [1.165, 1.54) is 6.92 Å². The lowest BCUT2D eigenvalue weighted by molar-refractivity contribution is -0.119. The second kappa shape index (κ2) is 4.99. The molecule has 0 aliphatic carbocycles. The highest BCUT2D eigenvalue weighted by molar-refractivity contribution is 8.20. The molecule has 1 fully saturated rings. The van der Waals surface area contributed by atoms with Gasteiger partial charge in [-0.1, -0.05) is 0 Å². The molecule has 0 saturated carbocycles. The van der Waals surface area contributed by atoms with Gasteiger partial charge in [-0.15, -0.1) is 23.5 Å². The summed E-state index contributed by atoms with van der Waals surface area (Å²) in [5, 5.41) is 11.7. The highest BCUT2D eigenvalue weighted by atomic mass is 32.2. The number of carbonyl (C=O) groups excluding carboxylic acids is 1. The third-order valence-corrected chi connectivity index (χ3v) is 4.83. The normalized spacial score (nSPS) is 20.8. The van der Waals surface area contributed by atoms with Crippen LogP contribution in [-0.4, -0.2) is 39.8 Å². The molecular weight excluding hydrogens is 194 g/mol. The molecule has 3 nitrogen and oxygen atoms in total. The van der Waals surface area contributed by atoms with Crippen molar-refractivity contribution < 1.29 is 9.90 Å². The minimum atomic E-state index is -0.0833. The summed E-state index contributed by atoms with van der Waals surface area (Å²) in [6.07, 6.45) is 0. The Kier molecular flexibility index (Phi) is 4.25. The summed E-state index contributed by atoms with van der Waals surface area (Å²) in [5.41, 5.74) is 0. The smallest absolute Gasteiger partial charge is 0.217 e. The van der Waals surface area contributed by atoms with E-state index in [0.29, 0.717) is 4.58 Å². The quantitative estimate of drug-likeness (QED) is 0.698. The number of aliphatic hydroxyl groups excluding tert-OH is 1. The van der Waals surface area contributed by atoms with Gasteiger partial charge in [-0.05, 0) is 0 Å². The minimum absolute atomic E-state index is 0.0320. The molecule has 1 aliphatic heterocycles. The van der Waals surface area contributed by atoms with E-state index in [0.717, 1.165) is 11.5 Å². The third kappa shape index (κ3) is 2.88. The Morgan fingerprint density at radius 2 is 2.25 bits per heavy atom. The van der Waals surface area contributed by atoms with Crippen LogP contribution in [0.3, 0.4) is 0 Å². The summed E-state index contributed by atoms with van der Waals surface area (Å²) in [5.74, 6) is 2.17. The van der Waals surface area contributed by atoms with Crippen LogP contribution in [0.2, 0.25) is 0 Å². The molecule has 1 unspecified atom stereocenters. The van der Waals surface area contributed by atoms with E-state index < -0.39 is 0 Å². The number of amides is 1. The van der Waals surface area contributed by atoms with Crippen molar-refractivity contribution in [2.24, 2.45) is 0 Å². The highest BCUT2D eigenvalue weighted by Crippen LogP contribution is 2.34. The standard InChI is InChI=1S/C7H13NO2S2/c1-5(10)8-6(4-9)7-11-2-3-12-7/h6-7,9H,2-4H2,1H3,(H,8,10).